The largest absolute Gasteiger partial charge is 0.346 e. The minimum absolute atomic E-state index is 0.353. The van der Waals surface area contributed by atoms with E-state index < -0.39 is 0 Å². The number of nitrogens with one attached hydrogen (secondary N) is 1. The van der Waals surface area contributed by atoms with Crippen LogP contribution in [0.4, 0.5) is 5.13 Å². The van der Waals surface area contributed by atoms with Crippen molar-refractivity contribution in [3.8, 4) is 0 Å². The monoisotopic (exact) mass is 311 g/mol. The Labute approximate surface area is 130 Å². The van der Waals surface area contributed by atoms with E-state index in [0.29, 0.717) is 10.8 Å². The third kappa shape index (κ3) is 3.00. The first kappa shape index (κ1) is 14.7. The second-order valence-electron chi connectivity index (χ2n) is 6.34. The maximum absolute atomic E-state index is 4.97. The lowest BCUT2D eigenvalue weighted by Crippen LogP contribution is -2.43. The minimum Gasteiger partial charge on any atom is -0.346 e. The van der Waals surface area contributed by atoms with Crippen LogP contribution in [-0.4, -0.2) is 35.1 Å². The molecule has 1 aromatic rings. The summed E-state index contributed by atoms with van der Waals surface area (Å²) in [7, 11) is 0. The summed E-state index contributed by atoms with van der Waals surface area (Å²) in [5.41, 5.74) is 1.36. The number of hydrogen-bond acceptors (Lipinski definition) is 5. The van der Waals surface area contributed by atoms with Gasteiger partial charge < -0.3 is 10.2 Å². The normalized spacial score (nSPS) is 25.6. The van der Waals surface area contributed by atoms with Crippen molar-refractivity contribution >= 4 is 28.2 Å². The highest BCUT2D eigenvalue weighted by molar-refractivity contribution is 8.00. The molecule has 3 nitrogen and oxygen atoms in total. The van der Waals surface area contributed by atoms with Crippen LogP contribution < -0.4 is 10.2 Å². The van der Waals surface area contributed by atoms with Gasteiger partial charge >= 0.3 is 0 Å². The number of aryl methyl sites for hydroxylation is 1. The highest BCUT2D eigenvalue weighted by atomic mass is 32.2. The van der Waals surface area contributed by atoms with Crippen LogP contribution >= 0.6 is 23.1 Å². The predicted octanol–water partition coefficient (Wildman–Crippen LogP) is 3.46. The molecule has 1 aliphatic heterocycles. The first-order chi connectivity index (χ1) is 9.59. The van der Waals surface area contributed by atoms with Crippen LogP contribution in [0.3, 0.4) is 0 Å². The van der Waals surface area contributed by atoms with Crippen molar-refractivity contribution in [3.05, 3.63) is 10.6 Å². The summed E-state index contributed by atoms with van der Waals surface area (Å²) in [6, 6.07) is 0.544. The molecule has 0 spiro atoms. The summed E-state index contributed by atoms with van der Waals surface area (Å²) < 4.78 is 0.353. The second-order valence-corrected chi connectivity index (χ2v) is 9.15. The third-order valence-corrected chi connectivity index (χ3v) is 6.66. The van der Waals surface area contributed by atoms with Crippen molar-refractivity contribution in [1.82, 2.24) is 10.3 Å². The first-order valence-corrected chi connectivity index (χ1v) is 9.51. The Kier molecular flexibility index (Phi) is 4.29. The average molecular weight is 312 g/mol. The Morgan fingerprint density at radius 1 is 1.45 bits per heavy atom. The molecule has 0 amide bonds. The van der Waals surface area contributed by atoms with Crippen molar-refractivity contribution in [3.63, 3.8) is 0 Å². The molecular formula is C15H25N3S2. The van der Waals surface area contributed by atoms with Gasteiger partial charge in [0.25, 0.3) is 0 Å². The summed E-state index contributed by atoms with van der Waals surface area (Å²) in [5.74, 6) is 1.22. The molecule has 1 aromatic heterocycles. The molecule has 2 heterocycles. The van der Waals surface area contributed by atoms with Crippen molar-refractivity contribution in [2.24, 2.45) is 0 Å². The van der Waals surface area contributed by atoms with Crippen molar-refractivity contribution < 1.29 is 0 Å². The van der Waals surface area contributed by atoms with Gasteiger partial charge in [0.2, 0.25) is 0 Å². The van der Waals surface area contributed by atoms with Gasteiger partial charge in [0.1, 0.15) is 0 Å². The number of nitrogens with zero attached hydrogens (tertiary/aromatic N) is 2. The van der Waals surface area contributed by atoms with E-state index in [1.54, 1.807) is 0 Å². The number of aromatic nitrogens is 1. The molecule has 0 radical (unpaired) electrons. The standard InChI is InChI=1S/C15H25N3S2/c1-4-16-11-6-5-7-12-13(11)20-14(17-12)18-8-9-19-15(2,3)10-18/h11,16H,4-10H2,1-3H3. The molecule has 1 saturated heterocycles. The summed E-state index contributed by atoms with van der Waals surface area (Å²) in [6.07, 6.45) is 3.71. The van der Waals surface area contributed by atoms with E-state index >= 15 is 0 Å². The Balaban J connectivity index is 1.81. The maximum Gasteiger partial charge on any atom is 0.185 e. The molecule has 3 rings (SSSR count). The highest BCUT2D eigenvalue weighted by Gasteiger charge is 2.31. The van der Waals surface area contributed by atoms with Crippen LogP contribution in [0.25, 0.3) is 0 Å². The van der Waals surface area contributed by atoms with Crippen LogP contribution in [0, 0.1) is 0 Å². The molecule has 2 aliphatic rings. The number of thioether (sulfide) groups is 1. The number of anilines is 1. The van der Waals surface area contributed by atoms with Crippen molar-refractivity contribution in [1.29, 1.82) is 0 Å². The van der Waals surface area contributed by atoms with Gasteiger partial charge in [0, 0.05) is 34.5 Å². The molecule has 1 atom stereocenters. The van der Waals surface area contributed by atoms with Crippen molar-refractivity contribution in [2.45, 2.75) is 50.8 Å². The quantitative estimate of drug-likeness (QED) is 0.925. The van der Waals surface area contributed by atoms with Gasteiger partial charge in [-0.2, -0.15) is 11.8 Å². The zero-order valence-electron chi connectivity index (χ0n) is 12.7. The van der Waals surface area contributed by atoms with Gasteiger partial charge in [-0.1, -0.05) is 18.3 Å². The van der Waals surface area contributed by atoms with E-state index in [4.69, 9.17) is 4.98 Å². The fraction of sp³-hybridized carbons (Fsp3) is 0.800. The van der Waals surface area contributed by atoms with E-state index in [1.165, 1.54) is 40.7 Å². The Bertz CT molecular complexity index is 470. The highest BCUT2D eigenvalue weighted by Crippen LogP contribution is 2.40. The van der Waals surface area contributed by atoms with Crippen LogP contribution in [0.5, 0.6) is 0 Å². The molecule has 0 aromatic carbocycles. The van der Waals surface area contributed by atoms with Crippen LogP contribution in [0.2, 0.25) is 0 Å². The van der Waals surface area contributed by atoms with E-state index in [9.17, 15) is 0 Å². The molecule has 0 saturated carbocycles. The van der Waals surface area contributed by atoms with Gasteiger partial charge in [-0.05, 0) is 39.7 Å². The van der Waals surface area contributed by atoms with Crippen LogP contribution in [0.1, 0.15) is 50.2 Å². The smallest absolute Gasteiger partial charge is 0.185 e. The Hall–Kier alpha value is -0.260. The van der Waals surface area contributed by atoms with Crippen LogP contribution in [-0.2, 0) is 6.42 Å². The fourth-order valence-electron chi connectivity index (χ4n) is 3.16. The Morgan fingerprint density at radius 3 is 3.05 bits per heavy atom. The lowest BCUT2D eigenvalue weighted by atomic mass is 9.98. The zero-order chi connectivity index (χ0) is 14.2. The lowest BCUT2D eigenvalue weighted by Gasteiger charge is -2.37. The fourth-order valence-corrected chi connectivity index (χ4v) is 5.52. The summed E-state index contributed by atoms with van der Waals surface area (Å²) in [4.78, 5) is 8.97. The molecule has 1 N–H and O–H groups in total. The Morgan fingerprint density at radius 2 is 2.30 bits per heavy atom. The van der Waals surface area contributed by atoms with Gasteiger partial charge in [-0.3, -0.25) is 0 Å². The molecule has 112 valence electrons. The lowest BCUT2D eigenvalue weighted by molar-refractivity contribution is 0.476. The number of thiazole rings is 1. The molecule has 20 heavy (non-hydrogen) atoms. The molecule has 1 aliphatic carbocycles. The van der Waals surface area contributed by atoms with Gasteiger partial charge in [0.05, 0.1) is 5.69 Å². The number of fused-ring (bicyclic) bond motifs is 1. The van der Waals surface area contributed by atoms with Gasteiger partial charge in [-0.25, -0.2) is 4.98 Å². The third-order valence-electron chi connectivity index (χ3n) is 4.09. The topological polar surface area (TPSA) is 28.2 Å². The van der Waals surface area contributed by atoms with E-state index in [-0.39, 0.29) is 0 Å². The average Bonchev–Trinajstić information content (AvgIpc) is 2.83. The molecule has 1 fully saturated rings. The van der Waals surface area contributed by atoms with E-state index in [0.717, 1.165) is 19.6 Å². The summed E-state index contributed by atoms with van der Waals surface area (Å²) in [5, 5.41) is 4.88. The van der Waals surface area contributed by atoms with Gasteiger partial charge in [0.15, 0.2) is 5.13 Å². The van der Waals surface area contributed by atoms with E-state index in [2.05, 4.69) is 42.7 Å². The minimum atomic E-state index is 0.353. The van der Waals surface area contributed by atoms with Gasteiger partial charge in [-0.15, -0.1) is 0 Å². The molecule has 5 heteroatoms. The molecule has 0 bridgehead atoms. The molecule has 1 unspecified atom stereocenters. The summed E-state index contributed by atoms with van der Waals surface area (Å²) in [6.45, 7) is 10.2. The zero-order valence-corrected chi connectivity index (χ0v) is 14.4. The van der Waals surface area contributed by atoms with E-state index in [1.807, 2.05) is 11.3 Å². The predicted molar refractivity (Wildman–Crippen MR) is 90.2 cm³/mol. The second kappa shape index (κ2) is 5.85. The number of hydrogen-bond donors (Lipinski definition) is 1. The van der Waals surface area contributed by atoms with Crippen molar-refractivity contribution in [2.75, 3.05) is 30.3 Å². The number of rotatable bonds is 3. The van der Waals surface area contributed by atoms with Crippen LogP contribution in [0.15, 0.2) is 0 Å². The molecular weight excluding hydrogens is 286 g/mol. The summed E-state index contributed by atoms with van der Waals surface area (Å²) >= 11 is 4.02. The maximum atomic E-state index is 4.97. The SMILES string of the molecule is CCNC1CCCc2nc(N3CCSC(C)(C)C3)sc21. The first-order valence-electron chi connectivity index (χ1n) is 7.71.